The monoisotopic (exact) mass is 285 g/mol. The van der Waals surface area contributed by atoms with E-state index in [2.05, 4.69) is 4.72 Å². The van der Waals surface area contributed by atoms with Crippen molar-refractivity contribution < 1.29 is 23.1 Å². The highest BCUT2D eigenvalue weighted by Gasteiger charge is 2.23. The number of hydrogen-bond donors (Lipinski definition) is 2. The summed E-state index contributed by atoms with van der Waals surface area (Å²) in [6.45, 7) is 0.337. The topological polar surface area (TPSA) is 92.7 Å². The highest BCUT2D eigenvalue weighted by molar-refractivity contribution is 7.98. The maximum atomic E-state index is 11.5. The largest absolute Gasteiger partial charge is 0.480 e. The van der Waals surface area contributed by atoms with E-state index in [1.807, 2.05) is 6.26 Å². The van der Waals surface area contributed by atoms with E-state index in [0.717, 1.165) is 0 Å². The Kier molecular flexibility index (Phi) is 8.57. The Balaban J connectivity index is 4.27. The van der Waals surface area contributed by atoms with Crippen LogP contribution in [0.25, 0.3) is 0 Å². The minimum absolute atomic E-state index is 0.121. The molecular weight excluding hydrogens is 266 g/mol. The zero-order valence-electron chi connectivity index (χ0n) is 10.0. The molecule has 2 N–H and O–H groups in total. The first-order valence-corrected chi connectivity index (χ1v) is 8.18. The highest BCUT2D eigenvalue weighted by Crippen LogP contribution is 2.03. The number of aliphatic carboxylic acids is 1. The molecule has 0 rings (SSSR count). The van der Waals surface area contributed by atoms with Gasteiger partial charge in [-0.15, -0.1) is 0 Å². The van der Waals surface area contributed by atoms with Crippen LogP contribution in [-0.4, -0.2) is 57.0 Å². The Morgan fingerprint density at radius 1 is 1.53 bits per heavy atom. The quantitative estimate of drug-likeness (QED) is 0.555. The van der Waals surface area contributed by atoms with Crippen LogP contribution in [0.3, 0.4) is 0 Å². The first-order chi connectivity index (χ1) is 7.93. The fraction of sp³-hybridized carbons (Fsp3) is 0.889. The number of nitrogens with one attached hydrogen (secondary N) is 1. The molecule has 102 valence electrons. The Morgan fingerprint density at radius 3 is 2.65 bits per heavy atom. The summed E-state index contributed by atoms with van der Waals surface area (Å²) in [6.07, 6.45) is 2.46. The zero-order chi connectivity index (χ0) is 13.3. The normalized spacial score (nSPS) is 13.5. The summed E-state index contributed by atoms with van der Waals surface area (Å²) in [7, 11) is -2.06. The number of carboxylic acid groups (broad SMARTS) is 1. The second kappa shape index (κ2) is 8.73. The van der Waals surface area contributed by atoms with Gasteiger partial charge >= 0.3 is 5.97 Å². The van der Waals surface area contributed by atoms with Gasteiger partial charge in [0.25, 0.3) is 0 Å². The van der Waals surface area contributed by atoms with Crippen molar-refractivity contribution in [1.29, 1.82) is 0 Å². The molecule has 0 aromatic rings. The third kappa shape index (κ3) is 8.42. The van der Waals surface area contributed by atoms with Gasteiger partial charge in [-0.3, -0.25) is 4.79 Å². The van der Waals surface area contributed by atoms with Crippen molar-refractivity contribution >= 4 is 27.8 Å². The van der Waals surface area contributed by atoms with Crippen molar-refractivity contribution in [2.75, 3.05) is 31.5 Å². The average Bonchev–Trinajstić information content (AvgIpc) is 2.24. The van der Waals surface area contributed by atoms with Gasteiger partial charge in [0, 0.05) is 13.7 Å². The van der Waals surface area contributed by atoms with Crippen LogP contribution in [0.15, 0.2) is 0 Å². The molecular formula is C9H19NO5S2. The molecule has 8 heteroatoms. The lowest BCUT2D eigenvalue weighted by atomic mass is 10.2. The molecule has 0 saturated heterocycles. The Hall–Kier alpha value is -0.310. The zero-order valence-corrected chi connectivity index (χ0v) is 11.6. The number of thioether (sulfide) groups is 1. The number of carbonyl (C=O) groups is 1. The molecule has 0 aliphatic rings. The summed E-state index contributed by atoms with van der Waals surface area (Å²) < 4.78 is 30.0. The minimum atomic E-state index is -3.55. The number of sulfonamides is 1. The third-order valence-corrected chi connectivity index (χ3v) is 4.11. The number of rotatable bonds is 10. The van der Waals surface area contributed by atoms with Crippen molar-refractivity contribution in [3.63, 3.8) is 0 Å². The average molecular weight is 285 g/mol. The first-order valence-electron chi connectivity index (χ1n) is 5.13. The molecule has 0 spiro atoms. The van der Waals surface area contributed by atoms with Gasteiger partial charge in [0.05, 0.1) is 5.75 Å². The van der Waals surface area contributed by atoms with Gasteiger partial charge in [-0.1, -0.05) is 0 Å². The molecule has 0 fully saturated rings. The van der Waals surface area contributed by atoms with Crippen LogP contribution in [0.1, 0.15) is 12.8 Å². The van der Waals surface area contributed by atoms with Crippen molar-refractivity contribution in [1.82, 2.24) is 4.72 Å². The van der Waals surface area contributed by atoms with Crippen molar-refractivity contribution in [2.45, 2.75) is 18.9 Å². The molecule has 0 aromatic carbocycles. The van der Waals surface area contributed by atoms with Gasteiger partial charge in [-0.05, 0) is 24.9 Å². The maximum absolute atomic E-state index is 11.5. The van der Waals surface area contributed by atoms with E-state index in [9.17, 15) is 13.2 Å². The van der Waals surface area contributed by atoms with Gasteiger partial charge in [0.15, 0.2) is 0 Å². The van der Waals surface area contributed by atoms with E-state index in [1.165, 1.54) is 18.9 Å². The van der Waals surface area contributed by atoms with Crippen LogP contribution in [0.4, 0.5) is 0 Å². The van der Waals surface area contributed by atoms with E-state index < -0.39 is 22.0 Å². The molecule has 0 amide bonds. The smallest absolute Gasteiger partial charge is 0.321 e. The van der Waals surface area contributed by atoms with Gasteiger partial charge in [0.2, 0.25) is 10.0 Å². The van der Waals surface area contributed by atoms with E-state index in [1.54, 1.807) is 0 Å². The molecule has 0 aromatic heterocycles. The number of carboxylic acids is 1. The van der Waals surface area contributed by atoms with Crippen LogP contribution in [0, 0.1) is 0 Å². The molecule has 0 unspecified atom stereocenters. The SMILES string of the molecule is COCCCS(=O)(=O)N[C@@H](CCSC)C(=O)O. The van der Waals surface area contributed by atoms with E-state index in [0.29, 0.717) is 18.8 Å². The second-order valence-electron chi connectivity index (χ2n) is 3.46. The van der Waals surface area contributed by atoms with Crippen LogP contribution in [0.2, 0.25) is 0 Å². The summed E-state index contributed by atoms with van der Waals surface area (Å²) >= 11 is 1.48. The molecule has 6 nitrogen and oxygen atoms in total. The summed E-state index contributed by atoms with van der Waals surface area (Å²) in [4.78, 5) is 10.9. The third-order valence-electron chi connectivity index (χ3n) is 1.99. The van der Waals surface area contributed by atoms with Gasteiger partial charge in [0.1, 0.15) is 6.04 Å². The number of ether oxygens (including phenoxy) is 1. The second-order valence-corrected chi connectivity index (χ2v) is 6.31. The molecule has 0 bridgehead atoms. The van der Waals surface area contributed by atoms with Crippen molar-refractivity contribution in [2.24, 2.45) is 0 Å². The summed E-state index contributed by atoms with van der Waals surface area (Å²) in [5, 5.41) is 8.87. The summed E-state index contributed by atoms with van der Waals surface area (Å²) in [5.74, 6) is -0.670. The van der Waals surface area contributed by atoms with Crippen LogP contribution in [-0.2, 0) is 19.6 Å². The van der Waals surface area contributed by atoms with Crippen molar-refractivity contribution in [3.8, 4) is 0 Å². The number of hydrogen-bond acceptors (Lipinski definition) is 5. The Bertz CT molecular complexity index is 317. The molecule has 0 radical (unpaired) electrons. The fourth-order valence-corrected chi connectivity index (χ4v) is 2.88. The number of methoxy groups -OCH3 is 1. The van der Waals surface area contributed by atoms with E-state index in [4.69, 9.17) is 9.84 Å². The van der Waals surface area contributed by atoms with Crippen LogP contribution < -0.4 is 4.72 Å². The Morgan fingerprint density at radius 2 is 2.18 bits per heavy atom. The summed E-state index contributed by atoms with van der Waals surface area (Å²) in [5.41, 5.74) is 0. The molecule has 17 heavy (non-hydrogen) atoms. The predicted molar refractivity (Wildman–Crippen MR) is 67.8 cm³/mol. The minimum Gasteiger partial charge on any atom is -0.480 e. The molecule has 0 saturated carbocycles. The first kappa shape index (κ1) is 16.7. The van der Waals surface area contributed by atoms with Gasteiger partial charge < -0.3 is 9.84 Å². The highest BCUT2D eigenvalue weighted by atomic mass is 32.2. The molecule has 0 heterocycles. The standard InChI is InChI=1S/C9H19NO5S2/c1-15-5-3-7-17(13,14)10-8(9(11)12)4-6-16-2/h8,10H,3-7H2,1-2H3,(H,11,12)/t8-/m0/s1. The maximum Gasteiger partial charge on any atom is 0.321 e. The fourth-order valence-electron chi connectivity index (χ4n) is 1.14. The summed E-state index contributed by atoms with van der Waals surface area (Å²) in [6, 6.07) is -1.05. The van der Waals surface area contributed by atoms with Crippen molar-refractivity contribution in [3.05, 3.63) is 0 Å². The lowest BCUT2D eigenvalue weighted by Gasteiger charge is -2.14. The lowest BCUT2D eigenvalue weighted by Crippen LogP contribution is -2.42. The van der Waals surface area contributed by atoms with Crippen LogP contribution >= 0.6 is 11.8 Å². The molecule has 1 atom stereocenters. The van der Waals surface area contributed by atoms with E-state index in [-0.39, 0.29) is 12.2 Å². The molecule has 0 aliphatic heterocycles. The van der Waals surface area contributed by atoms with Gasteiger partial charge in [-0.2, -0.15) is 11.8 Å². The predicted octanol–water partition coefficient (Wildman–Crippen LogP) is 0.149. The molecule has 0 aliphatic carbocycles. The lowest BCUT2D eigenvalue weighted by molar-refractivity contribution is -0.139. The van der Waals surface area contributed by atoms with E-state index >= 15 is 0 Å². The van der Waals surface area contributed by atoms with Gasteiger partial charge in [-0.25, -0.2) is 13.1 Å². The Labute approximate surface area is 106 Å². The van der Waals surface area contributed by atoms with Crippen LogP contribution in [0.5, 0.6) is 0 Å².